The number of halogens is 2. The van der Waals surface area contributed by atoms with E-state index >= 15 is 0 Å². The maximum atomic E-state index is 13.7. The number of hydrogen-bond donors (Lipinski definition) is 2. The average molecular weight is 278 g/mol. The maximum absolute atomic E-state index is 13.7. The van der Waals surface area contributed by atoms with Gasteiger partial charge in [-0.05, 0) is 32.0 Å². The predicted molar refractivity (Wildman–Crippen MR) is 76.3 cm³/mol. The van der Waals surface area contributed by atoms with E-state index in [0.717, 1.165) is 0 Å². The number of hydrogen-bond acceptors (Lipinski definition) is 3. The van der Waals surface area contributed by atoms with E-state index in [1.165, 1.54) is 24.3 Å². The van der Waals surface area contributed by atoms with Gasteiger partial charge in [-0.2, -0.15) is 0 Å². The van der Waals surface area contributed by atoms with Crippen LogP contribution in [-0.2, 0) is 0 Å². The van der Waals surface area contributed by atoms with Crippen LogP contribution in [0.1, 0.15) is 13.8 Å². The summed E-state index contributed by atoms with van der Waals surface area (Å²) >= 11 is 0. The van der Waals surface area contributed by atoms with Gasteiger partial charge in [0.1, 0.15) is 5.82 Å². The second-order valence-electron chi connectivity index (χ2n) is 4.67. The quantitative estimate of drug-likeness (QED) is 0.828. The van der Waals surface area contributed by atoms with Crippen LogP contribution < -0.4 is 15.8 Å². The minimum atomic E-state index is -0.527. The van der Waals surface area contributed by atoms with Crippen LogP contribution in [0, 0.1) is 11.6 Å². The number of nitrogen functional groups attached to an aromatic ring is 1. The van der Waals surface area contributed by atoms with Crippen LogP contribution >= 0.6 is 0 Å². The Morgan fingerprint density at radius 3 is 2.55 bits per heavy atom. The van der Waals surface area contributed by atoms with Crippen molar-refractivity contribution in [2.45, 2.75) is 20.0 Å². The summed E-state index contributed by atoms with van der Waals surface area (Å²) in [5, 5.41) is 2.94. The van der Waals surface area contributed by atoms with Crippen molar-refractivity contribution in [1.29, 1.82) is 0 Å². The van der Waals surface area contributed by atoms with Crippen LogP contribution in [0.5, 0.6) is 5.75 Å². The van der Waals surface area contributed by atoms with Gasteiger partial charge in [0.25, 0.3) is 0 Å². The normalized spacial score (nSPS) is 10.7. The number of anilines is 3. The molecule has 2 rings (SSSR count). The average Bonchev–Trinajstić information content (AvgIpc) is 2.34. The first kappa shape index (κ1) is 14.1. The van der Waals surface area contributed by atoms with Gasteiger partial charge in [-0.1, -0.05) is 6.07 Å². The SMILES string of the molecule is CC(C)Oc1cc(Nc2cccc(F)c2)c(N)cc1F. The molecule has 0 saturated carbocycles. The molecular formula is C15H16F2N2O. The second-order valence-corrected chi connectivity index (χ2v) is 4.67. The summed E-state index contributed by atoms with van der Waals surface area (Å²) in [6.07, 6.45) is -0.157. The molecule has 20 heavy (non-hydrogen) atoms. The predicted octanol–water partition coefficient (Wildman–Crippen LogP) is 4.08. The molecular weight excluding hydrogens is 262 g/mol. The summed E-state index contributed by atoms with van der Waals surface area (Å²) in [5.41, 5.74) is 6.97. The van der Waals surface area contributed by atoms with E-state index in [9.17, 15) is 8.78 Å². The first-order valence-electron chi connectivity index (χ1n) is 6.24. The molecule has 2 aromatic rings. The fraction of sp³-hybridized carbons (Fsp3) is 0.200. The molecule has 5 heteroatoms. The molecule has 0 aliphatic heterocycles. The Kier molecular flexibility index (Phi) is 4.08. The number of ether oxygens (including phenoxy) is 1. The lowest BCUT2D eigenvalue weighted by Gasteiger charge is -2.15. The van der Waals surface area contributed by atoms with Crippen LogP contribution in [0.4, 0.5) is 25.8 Å². The van der Waals surface area contributed by atoms with E-state index in [1.807, 2.05) is 0 Å². The Hall–Kier alpha value is -2.30. The molecule has 3 nitrogen and oxygen atoms in total. The molecule has 0 aliphatic carbocycles. The molecule has 0 aliphatic rings. The summed E-state index contributed by atoms with van der Waals surface area (Å²) in [6.45, 7) is 3.60. The van der Waals surface area contributed by atoms with Crippen molar-refractivity contribution in [2.75, 3.05) is 11.1 Å². The molecule has 2 aromatic carbocycles. The molecule has 0 fully saturated rings. The summed E-state index contributed by atoms with van der Waals surface area (Å²) < 4.78 is 32.2. The third-order valence-electron chi connectivity index (χ3n) is 2.57. The standard InChI is InChI=1S/C15H16F2N2O/c1-9(2)20-15-8-14(13(18)7-12(15)17)19-11-5-3-4-10(16)6-11/h3-9,19H,18H2,1-2H3. The smallest absolute Gasteiger partial charge is 0.167 e. The minimum absolute atomic E-state index is 0.105. The van der Waals surface area contributed by atoms with Crippen molar-refractivity contribution in [3.63, 3.8) is 0 Å². The van der Waals surface area contributed by atoms with E-state index in [-0.39, 0.29) is 23.4 Å². The van der Waals surface area contributed by atoms with Gasteiger partial charge in [0.05, 0.1) is 17.5 Å². The largest absolute Gasteiger partial charge is 0.488 e. The molecule has 3 N–H and O–H groups in total. The van der Waals surface area contributed by atoms with Gasteiger partial charge in [0.15, 0.2) is 11.6 Å². The van der Waals surface area contributed by atoms with E-state index in [0.29, 0.717) is 11.4 Å². The van der Waals surface area contributed by atoms with E-state index < -0.39 is 5.82 Å². The highest BCUT2D eigenvalue weighted by molar-refractivity contribution is 5.74. The molecule has 0 bridgehead atoms. The highest BCUT2D eigenvalue weighted by Crippen LogP contribution is 2.31. The molecule has 106 valence electrons. The molecule has 0 heterocycles. The lowest BCUT2D eigenvalue weighted by atomic mass is 10.2. The monoisotopic (exact) mass is 278 g/mol. The Morgan fingerprint density at radius 2 is 1.90 bits per heavy atom. The first-order chi connectivity index (χ1) is 9.45. The highest BCUT2D eigenvalue weighted by atomic mass is 19.1. The van der Waals surface area contributed by atoms with Gasteiger partial charge in [0.2, 0.25) is 0 Å². The van der Waals surface area contributed by atoms with Gasteiger partial charge in [-0.3, -0.25) is 0 Å². The lowest BCUT2D eigenvalue weighted by molar-refractivity contribution is 0.231. The van der Waals surface area contributed by atoms with Gasteiger partial charge in [0, 0.05) is 17.8 Å². The number of rotatable bonds is 4. The van der Waals surface area contributed by atoms with Crippen molar-refractivity contribution in [3.05, 3.63) is 48.0 Å². The zero-order chi connectivity index (χ0) is 14.7. The van der Waals surface area contributed by atoms with Gasteiger partial charge in [-0.15, -0.1) is 0 Å². The number of benzene rings is 2. The summed E-state index contributed by atoms with van der Waals surface area (Å²) in [4.78, 5) is 0. The van der Waals surface area contributed by atoms with Crippen molar-refractivity contribution in [2.24, 2.45) is 0 Å². The fourth-order valence-corrected chi connectivity index (χ4v) is 1.74. The summed E-state index contributed by atoms with van der Waals surface area (Å²) in [5.74, 6) is -0.788. The second kappa shape index (κ2) is 5.77. The van der Waals surface area contributed by atoms with Crippen LogP contribution in [0.25, 0.3) is 0 Å². The zero-order valence-corrected chi connectivity index (χ0v) is 11.3. The Labute approximate surface area is 116 Å². The molecule has 0 unspecified atom stereocenters. The Balaban J connectivity index is 2.31. The molecule has 0 amide bonds. The first-order valence-corrected chi connectivity index (χ1v) is 6.24. The van der Waals surface area contributed by atoms with Gasteiger partial charge < -0.3 is 15.8 Å². The molecule has 0 radical (unpaired) electrons. The molecule has 0 aromatic heterocycles. The van der Waals surface area contributed by atoms with Gasteiger partial charge in [-0.25, -0.2) is 8.78 Å². The molecule has 0 spiro atoms. The fourth-order valence-electron chi connectivity index (χ4n) is 1.74. The van der Waals surface area contributed by atoms with E-state index in [4.69, 9.17) is 10.5 Å². The van der Waals surface area contributed by atoms with Crippen LogP contribution in [0.3, 0.4) is 0 Å². The van der Waals surface area contributed by atoms with Crippen molar-refractivity contribution >= 4 is 17.1 Å². The molecule has 0 atom stereocenters. The lowest BCUT2D eigenvalue weighted by Crippen LogP contribution is -2.08. The van der Waals surface area contributed by atoms with Crippen molar-refractivity contribution < 1.29 is 13.5 Å². The van der Waals surface area contributed by atoms with Crippen LogP contribution in [-0.4, -0.2) is 6.10 Å². The number of nitrogens with one attached hydrogen (secondary N) is 1. The summed E-state index contributed by atoms with van der Waals surface area (Å²) in [6, 6.07) is 8.57. The van der Waals surface area contributed by atoms with Crippen molar-refractivity contribution in [1.82, 2.24) is 0 Å². The zero-order valence-electron chi connectivity index (χ0n) is 11.3. The Bertz CT molecular complexity index is 615. The topological polar surface area (TPSA) is 47.3 Å². The van der Waals surface area contributed by atoms with Gasteiger partial charge >= 0.3 is 0 Å². The number of nitrogens with two attached hydrogens (primary N) is 1. The highest BCUT2D eigenvalue weighted by Gasteiger charge is 2.11. The minimum Gasteiger partial charge on any atom is -0.488 e. The van der Waals surface area contributed by atoms with E-state index in [2.05, 4.69) is 5.32 Å². The third-order valence-corrected chi connectivity index (χ3v) is 2.57. The maximum Gasteiger partial charge on any atom is 0.167 e. The third kappa shape index (κ3) is 3.38. The van der Waals surface area contributed by atoms with Crippen LogP contribution in [0.2, 0.25) is 0 Å². The summed E-state index contributed by atoms with van der Waals surface area (Å²) in [7, 11) is 0. The Morgan fingerprint density at radius 1 is 1.15 bits per heavy atom. The molecule has 0 saturated heterocycles. The van der Waals surface area contributed by atoms with Crippen LogP contribution in [0.15, 0.2) is 36.4 Å². The van der Waals surface area contributed by atoms with Crippen molar-refractivity contribution in [3.8, 4) is 5.75 Å². The van der Waals surface area contributed by atoms with E-state index in [1.54, 1.807) is 26.0 Å².